The molecule has 2 fully saturated rings. The van der Waals surface area contributed by atoms with Gasteiger partial charge in [-0.25, -0.2) is 0 Å². The molecule has 1 N–H and O–H groups in total. The van der Waals surface area contributed by atoms with Crippen molar-refractivity contribution < 1.29 is 0 Å². The molecule has 0 aromatic carbocycles. The zero-order valence-corrected chi connectivity index (χ0v) is 8.89. The summed E-state index contributed by atoms with van der Waals surface area (Å²) >= 11 is 0. The Hall–Kier alpha value is -0.0400. The van der Waals surface area contributed by atoms with Gasteiger partial charge >= 0.3 is 0 Å². The molecular weight excluding hydrogens is 158 g/mol. The van der Waals surface area contributed by atoms with Crippen LogP contribution in [0.15, 0.2) is 0 Å². The summed E-state index contributed by atoms with van der Waals surface area (Å²) in [7, 11) is 0. The highest BCUT2D eigenvalue weighted by Crippen LogP contribution is 2.39. The van der Waals surface area contributed by atoms with Crippen molar-refractivity contribution in [1.29, 1.82) is 0 Å². The highest BCUT2D eigenvalue weighted by atomic mass is 14.9. The molecule has 2 aliphatic carbocycles. The number of rotatable bonds is 5. The molecule has 1 heteroatoms. The second-order valence-corrected chi connectivity index (χ2v) is 4.86. The lowest BCUT2D eigenvalue weighted by Gasteiger charge is -2.43. The first kappa shape index (κ1) is 9.51. The van der Waals surface area contributed by atoms with E-state index in [1.807, 2.05) is 0 Å². The lowest BCUT2D eigenvalue weighted by atomic mass is 9.68. The summed E-state index contributed by atoms with van der Waals surface area (Å²) in [5, 5.41) is 3.77. The molecule has 0 aromatic heterocycles. The first-order valence-electron chi connectivity index (χ1n) is 6.15. The maximum Gasteiger partial charge on any atom is 0.0124 e. The summed E-state index contributed by atoms with van der Waals surface area (Å²) in [6.45, 7) is 3.50. The van der Waals surface area contributed by atoms with Crippen molar-refractivity contribution in [3.05, 3.63) is 0 Å². The van der Waals surface area contributed by atoms with Crippen molar-refractivity contribution in [3.63, 3.8) is 0 Å². The van der Waals surface area contributed by atoms with E-state index in [-0.39, 0.29) is 0 Å². The van der Waals surface area contributed by atoms with Gasteiger partial charge in [-0.2, -0.15) is 0 Å². The van der Waals surface area contributed by atoms with Crippen LogP contribution in [0.25, 0.3) is 0 Å². The maximum absolute atomic E-state index is 3.77. The minimum absolute atomic E-state index is 0.891. The van der Waals surface area contributed by atoms with Gasteiger partial charge in [0.15, 0.2) is 0 Å². The summed E-state index contributed by atoms with van der Waals surface area (Å²) in [4.78, 5) is 0. The number of hydrogen-bond acceptors (Lipinski definition) is 1. The molecule has 0 radical (unpaired) electrons. The molecule has 13 heavy (non-hydrogen) atoms. The van der Waals surface area contributed by atoms with Crippen molar-refractivity contribution in [2.24, 2.45) is 11.8 Å². The molecule has 0 atom stereocenters. The highest BCUT2D eigenvalue weighted by Gasteiger charge is 2.35. The van der Waals surface area contributed by atoms with Gasteiger partial charge in [-0.3, -0.25) is 0 Å². The Bertz CT molecular complexity index is 133. The SMILES string of the molecule is CCCNC(C1CCC1)C1CCC1. The van der Waals surface area contributed by atoms with Crippen LogP contribution in [0.4, 0.5) is 0 Å². The minimum Gasteiger partial charge on any atom is -0.313 e. The summed E-state index contributed by atoms with van der Waals surface area (Å²) < 4.78 is 0. The first-order valence-corrected chi connectivity index (χ1v) is 6.15. The fourth-order valence-electron chi connectivity index (χ4n) is 2.63. The van der Waals surface area contributed by atoms with Crippen LogP contribution < -0.4 is 5.32 Å². The molecule has 0 aromatic rings. The van der Waals surface area contributed by atoms with Gasteiger partial charge < -0.3 is 5.32 Å². The van der Waals surface area contributed by atoms with Crippen molar-refractivity contribution in [2.75, 3.05) is 6.54 Å². The molecule has 0 spiro atoms. The summed E-state index contributed by atoms with van der Waals surface area (Å²) in [6, 6.07) is 0.891. The van der Waals surface area contributed by atoms with Gasteiger partial charge in [-0.15, -0.1) is 0 Å². The van der Waals surface area contributed by atoms with Crippen molar-refractivity contribution >= 4 is 0 Å². The molecule has 0 aliphatic heterocycles. The molecule has 2 aliphatic rings. The molecule has 76 valence electrons. The smallest absolute Gasteiger partial charge is 0.0124 e. The normalized spacial score (nSPS) is 24.5. The van der Waals surface area contributed by atoms with Gasteiger partial charge in [0, 0.05) is 6.04 Å². The number of nitrogens with one attached hydrogen (secondary N) is 1. The third-order valence-electron chi connectivity index (χ3n) is 3.95. The van der Waals surface area contributed by atoms with E-state index in [2.05, 4.69) is 12.2 Å². The van der Waals surface area contributed by atoms with Crippen LogP contribution in [0.1, 0.15) is 51.9 Å². The van der Waals surface area contributed by atoms with Crippen LogP contribution in [0.5, 0.6) is 0 Å². The summed E-state index contributed by atoms with van der Waals surface area (Å²) in [6.07, 6.45) is 10.3. The molecule has 0 unspecified atom stereocenters. The molecule has 0 heterocycles. The molecular formula is C12H23N. The highest BCUT2D eigenvalue weighted by molar-refractivity contribution is 4.90. The van der Waals surface area contributed by atoms with Crippen LogP contribution in [0, 0.1) is 11.8 Å². The van der Waals surface area contributed by atoms with Gasteiger partial charge in [0.05, 0.1) is 0 Å². The van der Waals surface area contributed by atoms with E-state index >= 15 is 0 Å². The van der Waals surface area contributed by atoms with E-state index in [1.165, 1.54) is 51.5 Å². The molecule has 0 bridgehead atoms. The zero-order chi connectivity index (χ0) is 9.10. The van der Waals surface area contributed by atoms with Gasteiger partial charge in [0.25, 0.3) is 0 Å². The Morgan fingerprint density at radius 3 is 1.92 bits per heavy atom. The van der Waals surface area contributed by atoms with E-state index in [4.69, 9.17) is 0 Å². The van der Waals surface area contributed by atoms with Crippen molar-refractivity contribution in [1.82, 2.24) is 5.32 Å². The monoisotopic (exact) mass is 181 g/mol. The van der Waals surface area contributed by atoms with Crippen molar-refractivity contribution in [2.45, 2.75) is 57.9 Å². The van der Waals surface area contributed by atoms with Crippen LogP contribution in [0.2, 0.25) is 0 Å². The van der Waals surface area contributed by atoms with E-state index in [1.54, 1.807) is 0 Å². The van der Waals surface area contributed by atoms with Gasteiger partial charge in [0.1, 0.15) is 0 Å². The Balaban J connectivity index is 1.78. The largest absolute Gasteiger partial charge is 0.313 e. The Morgan fingerprint density at radius 2 is 1.62 bits per heavy atom. The third-order valence-corrected chi connectivity index (χ3v) is 3.95. The van der Waals surface area contributed by atoms with E-state index < -0.39 is 0 Å². The predicted molar refractivity (Wildman–Crippen MR) is 56.8 cm³/mol. The molecule has 2 saturated carbocycles. The molecule has 1 nitrogen and oxygen atoms in total. The second-order valence-electron chi connectivity index (χ2n) is 4.86. The standard InChI is InChI=1S/C12H23N/c1-2-9-13-12(10-5-3-6-10)11-7-4-8-11/h10-13H,2-9H2,1H3. The van der Waals surface area contributed by atoms with E-state index in [9.17, 15) is 0 Å². The van der Waals surface area contributed by atoms with Crippen LogP contribution in [-0.4, -0.2) is 12.6 Å². The first-order chi connectivity index (χ1) is 6.42. The quantitative estimate of drug-likeness (QED) is 0.687. The van der Waals surface area contributed by atoms with Gasteiger partial charge in [-0.1, -0.05) is 19.8 Å². The Labute approximate surface area is 82.3 Å². The lowest BCUT2D eigenvalue weighted by molar-refractivity contribution is 0.124. The van der Waals surface area contributed by atoms with Gasteiger partial charge in [-0.05, 0) is 50.5 Å². The molecule has 0 saturated heterocycles. The Kier molecular flexibility index (Phi) is 3.26. The summed E-state index contributed by atoms with van der Waals surface area (Å²) in [5.41, 5.74) is 0. The average molecular weight is 181 g/mol. The maximum atomic E-state index is 3.77. The predicted octanol–water partition coefficient (Wildman–Crippen LogP) is 2.95. The van der Waals surface area contributed by atoms with Crippen LogP contribution in [-0.2, 0) is 0 Å². The van der Waals surface area contributed by atoms with Crippen LogP contribution in [0.3, 0.4) is 0 Å². The fraction of sp³-hybridized carbons (Fsp3) is 1.00. The molecule has 2 rings (SSSR count). The topological polar surface area (TPSA) is 12.0 Å². The lowest BCUT2D eigenvalue weighted by Crippen LogP contribution is -2.47. The van der Waals surface area contributed by atoms with Gasteiger partial charge in [0.2, 0.25) is 0 Å². The van der Waals surface area contributed by atoms with Crippen LogP contribution >= 0.6 is 0 Å². The fourth-order valence-corrected chi connectivity index (χ4v) is 2.63. The average Bonchev–Trinajstić information content (AvgIpc) is 1.93. The summed E-state index contributed by atoms with van der Waals surface area (Å²) in [5.74, 6) is 2.08. The van der Waals surface area contributed by atoms with E-state index in [0.717, 1.165) is 17.9 Å². The number of hydrogen-bond donors (Lipinski definition) is 1. The minimum atomic E-state index is 0.891. The molecule has 0 amide bonds. The van der Waals surface area contributed by atoms with Crippen molar-refractivity contribution in [3.8, 4) is 0 Å². The van der Waals surface area contributed by atoms with E-state index in [0.29, 0.717) is 0 Å². The third kappa shape index (κ3) is 2.07. The Morgan fingerprint density at radius 1 is 1.08 bits per heavy atom. The zero-order valence-electron chi connectivity index (χ0n) is 8.89. The second kappa shape index (κ2) is 4.45.